The molecule has 0 spiro atoms. The van der Waals surface area contributed by atoms with Crippen LogP contribution in [0.3, 0.4) is 0 Å². The van der Waals surface area contributed by atoms with Crippen molar-refractivity contribution >= 4 is 40.5 Å². The smallest absolute Gasteiger partial charge is 0.246 e. The maximum absolute atomic E-state index is 13.4. The van der Waals surface area contributed by atoms with Crippen molar-refractivity contribution in [3.05, 3.63) is 161 Å². The van der Waals surface area contributed by atoms with Crippen molar-refractivity contribution in [2.45, 2.75) is 77.2 Å². The van der Waals surface area contributed by atoms with E-state index in [2.05, 4.69) is 146 Å². The molecule has 9 nitrogen and oxygen atoms in total. The van der Waals surface area contributed by atoms with Gasteiger partial charge in [-0.25, -0.2) is 0 Å². The molecule has 7 rings (SSSR count). The van der Waals surface area contributed by atoms with Crippen molar-refractivity contribution in [1.82, 2.24) is 10.6 Å². The molecule has 3 aliphatic rings. The van der Waals surface area contributed by atoms with Crippen molar-refractivity contribution < 1.29 is 36.1 Å². The predicted octanol–water partition coefficient (Wildman–Crippen LogP) is 5.64. The van der Waals surface area contributed by atoms with E-state index in [0.717, 1.165) is 48.2 Å². The molecule has 3 heterocycles. The summed E-state index contributed by atoms with van der Waals surface area (Å²) < 4.78 is 7.81. The second kappa shape index (κ2) is 21.4. The summed E-state index contributed by atoms with van der Waals surface area (Å²) in [6, 6.07) is 32.7. The fourth-order valence-corrected chi connectivity index (χ4v) is 8.99. The lowest BCUT2D eigenvalue weighted by Crippen LogP contribution is -3.00. The van der Waals surface area contributed by atoms with Gasteiger partial charge >= 0.3 is 0 Å². The molecule has 3 aliphatic heterocycles. The van der Waals surface area contributed by atoms with Crippen molar-refractivity contribution in [2.75, 3.05) is 49.7 Å². The van der Waals surface area contributed by atoms with Crippen molar-refractivity contribution in [3.63, 3.8) is 0 Å². The van der Waals surface area contributed by atoms with E-state index in [1.54, 1.807) is 4.90 Å². The summed E-state index contributed by atoms with van der Waals surface area (Å²) in [7, 11) is 2.14. The van der Waals surface area contributed by atoms with Gasteiger partial charge in [0, 0.05) is 78.1 Å². The summed E-state index contributed by atoms with van der Waals surface area (Å²) >= 11 is 0. The molecule has 332 valence electrons. The lowest BCUT2D eigenvalue weighted by atomic mass is 9.81. The maximum Gasteiger partial charge on any atom is 0.246 e. The molecular weight excluding hydrogens is 818 g/mol. The summed E-state index contributed by atoms with van der Waals surface area (Å²) in [5, 5.41) is 5.69. The van der Waals surface area contributed by atoms with Crippen molar-refractivity contribution in [2.24, 2.45) is 0 Å². The average Bonchev–Trinajstić information content (AvgIpc) is 3.61. The molecule has 0 fully saturated rings. The summed E-state index contributed by atoms with van der Waals surface area (Å²) in [6.45, 7) is 11.0. The third-order valence-electron chi connectivity index (χ3n) is 12.4. The van der Waals surface area contributed by atoms with Crippen LogP contribution in [-0.2, 0) is 36.5 Å². The highest BCUT2D eigenvalue weighted by molar-refractivity contribution is 6.03. The van der Waals surface area contributed by atoms with Gasteiger partial charge in [-0.05, 0) is 68.2 Å². The highest BCUT2D eigenvalue weighted by Crippen LogP contribution is 2.47. The molecule has 4 aromatic rings. The standard InChI is InChI=1S/C54H59N5O4.ClH/c1-53(2)43-23-14-17-26-46(43)57(5)48(53)28-8-6-9-29-49-54(3,4)44-24-15-18-27-47(44)58(49)36-19-7-10-30-50(60)56-35-37-63-39-51(61)55-34-33-52(62)59-38-42-22-12-11-20-40(42)31-32-41-21-13-16-25-45(41)59;/h6,8-9,11-18,20-29H,7,10,19,30,33-39H2,1-5H3,(H-,55,56,60,61);1H. The number of carbonyl (C=O) groups is 3. The first-order chi connectivity index (χ1) is 30.5. The van der Waals surface area contributed by atoms with Gasteiger partial charge in [-0.3, -0.25) is 14.4 Å². The molecule has 4 aromatic carbocycles. The summed E-state index contributed by atoms with van der Waals surface area (Å²) in [4.78, 5) is 42.7. The summed E-state index contributed by atoms with van der Waals surface area (Å²) in [5.41, 5.74) is 10.9. The Morgan fingerprint density at radius 1 is 0.719 bits per heavy atom. The first-order valence-corrected chi connectivity index (χ1v) is 22.2. The number of unbranched alkanes of at least 4 members (excludes halogenated alkanes) is 2. The van der Waals surface area contributed by atoms with Gasteiger partial charge in [0.2, 0.25) is 23.4 Å². The third kappa shape index (κ3) is 10.8. The Balaban J connectivity index is 0.00000680. The molecule has 0 aromatic heterocycles. The zero-order chi connectivity index (χ0) is 44.4. The third-order valence-corrected chi connectivity index (χ3v) is 12.4. The summed E-state index contributed by atoms with van der Waals surface area (Å²) in [6.07, 6.45) is 14.1. The molecule has 64 heavy (non-hydrogen) atoms. The van der Waals surface area contributed by atoms with E-state index >= 15 is 0 Å². The number of nitrogens with zero attached hydrogens (tertiary/aromatic N) is 3. The number of ether oxygens (including phenoxy) is 1. The number of nitrogens with one attached hydrogen (secondary N) is 2. The van der Waals surface area contributed by atoms with E-state index in [-0.39, 0.29) is 67.1 Å². The predicted molar refractivity (Wildman–Crippen MR) is 253 cm³/mol. The van der Waals surface area contributed by atoms with E-state index < -0.39 is 0 Å². The number of allylic oxidation sites excluding steroid dienone is 6. The van der Waals surface area contributed by atoms with Gasteiger partial charge in [-0.15, -0.1) is 0 Å². The van der Waals surface area contributed by atoms with Crippen LogP contribution in [0, 0.1) is 11.8 Å². The number of benzene rings is 4. The van der Waals surface area contributed by atoms with Gasteiger partial charge in [0.15, 0.2) is 5.71 Å². The largest absolute Gasteiger partial charge is 1.00 e. The highest BCUT2D eigenvalue weighted by atomic mass is 35.5. The van der Waals surface area contributed by atoms with Gasteiger partial charge < -0.3 is 37.6 Å². The number of fused-ring (bicyclic) bond motifs is 4. The van der Waals surface area contributed by atoms with Crippen molar-refractivity contribution in [1.29, 1.82) is 0 Å². The minimum atomic E-state index is -0.310. The Hall–Kier alpha value is -6.21. The minimum Gasteiger partial charge on any atom is -1.00 e. The topological polar surface area (TPSA) is 94.0 Å². The Labute approximate surface area is 385 Å². The number of anilines is 2. The molecule has 0 atom stereocenters. The van der Waals surface area contributed by atoms with Gasteiger partial charge in [0.25, 0.3) is 0 Å². The van der Waals surface area contributed by atoms with E-state index in [4.69, 9.17) is 4.74 Å². The second-order valence-corrected chi connectivity index (χ2v) is 17.4. The maximum atomic E-state index is 13.4. The number of hydrogen-bond acceptors (Lipinski definition) is 5. The van der Waals surface area contributed by atoms with Gasteiger partial charge in [-0.1, -0.05) is 117 Å². The fraction of sp³-hybridized carbons (Fsp3) is 0.333. The van der Waals surface area contributed by atoms with Crippen LogP contribution in [0.25, 0.3) is 0 Å². The Bertz CT molecular complexity index is 2540. The quantitative estimate of drug-likeness (QED) is 0.0621. The molecule has 0 radical (unpaired) electrons. The molecule has 0 unspecified atom stereocenters. The molecule has 10 heteroatoms. The minimum absolute atomic E-state index is 0. The Morgan fingerprint density at radius 3 is 2.19 bits per heavy atom. The monoisotopic (exact) mass is 877 g/mol. The number of hydrogen-bond donors (Lipinski definition) is 2. The number of rotatable bonds is 17. The van der Waals surface area contributed by atoms with Crippen LogP contribution in [0.5, 0.6) is 0 Å². The fourth-order valence-electron chi connectivity index (χ4n) is 8.99. The molecule has 3 amide bonds. The summed E-state index contributed by atoms with van der Waals surface area (Å²) in [5.74, 6) is 5.99. The zero-order valence-corrected chi connectivity index (χ0v) is 38.5. The highest BCUT2D eigenvalue weighted by Gasteiger charge is 2.42. The number of carbonyl (C=O) groups excluding carboxylic acids is 3. The lowest BCUT2D eigenvalue weighted by molar-refractivity contribution is -0.401. The van der Waals surface area contributed by atoms with Crippen molar-refractivity contribution in [3.8, 4) is 11.8 Å². The van der Waals surface area contributed by atoms with E-state index in [1.165, 1.54) is 33.9 Å². The van der Waals surface area contributed by atoms with E-state index in [1.807, 2.05) is 48.5 Å². The molecule has 0 saturated heterocycles. The van der Waals surface area contributed by atoms with Crippen LogP contribution < -0.4 is 32.8 Å². The second-order valence-electron chi connectivity index (χ2n) is 17.4. The van der Waals surface area contributed by atoms with E-state index in [0.29, 0.717) is 19.5 Å². The lowest BCUT2D eigenvalue weighted by Gasteiger charge is -2.27. The van der Waals surface area contributed by atoms with Gasteiger partial charge in [-0.2, -0.15) is 4.58 Å². The Morgan fingerprint density at radius 2 is 1.39 bits per heavy atom. The average molecular weight is 879 g/mol. The van der Waals surface area contributed by atoms with Crippen LogP contribution in [0.1, 0.15) is 87.6 Å². The molecule has 0 aliphatic carbocycles. The van der Waals surface area contributed by atoms with Crippen LogP contribution in [0.15, 0.2) is 133 Å². The van der Waals surface area contributed by atoms with Gasteiger partial charge in [0.05, 0.1) is 24.3 Å². The molecule has 0 bridgehead atoms. The zero-order valence-electron chi connectivity index (χ0n) is 37.8. The first kappa shape index (κ1) is 47.3. The normalized spacial score (nSPS) is 16.0. The SMILES string of the molecule is C[N+]1=C(/C=C/C=C/C=C2/N(CCCCCC(=O)NCCOCC(=O)NCCC(=O)N3Cc4ccccc4C#Cc4ccccc43)c3ccccc3C2(C)C)C(C)(C)c2ccccc21.[Cl-]. The molecule has 2 N–H and O–H groups in total. The van der Waals surface area contributed by atoms with Crippen LogP contribution in [-0.4, -0.2) is 67.9 Å². The number of amides is 3. The van der Waals surface area contributed by atoms with E-state index in [9.17, 15) is 14.4 Å². The van der Waals surface area contributed by atoms with Crippen LogP contribution >= 0.6 is 0 Å². The van der Waals surface area contributed by atoms with Crippen LogP contribution in [0.4, 0.5) is 17.1 Å². The first-order valence-electron chi connectivity index (χ1n) is 22.2. The van der Waals surface area contributed by atoms with Gasteiger partial charge in [0.1, 0.15) is 13.7 Å². The number of para-hydroxylation sites is 3. The molecular formula is C54H60ClN5O4. The Kier molecular flexibility index (Phi) is 15.8. The van der Waals surface area contributed by atoms with Crippen LogP contribution in [0.2, 0.25) is 0 Å². The molecule has 0 saturated carbocycles. The number of halogens is 1.